The molecule has 3 rings (SSSR count). The molecule has 0 aliphatic rings. The van der Waals surface area contributed by atoms with Gasteiger partial charge >= 0.3 is 0 Å². The predicted molar refractivity (Wildman–Crippen MR) is 69.5 cm³/mol. The van der Waals surface area contributed by atoms with Gasteiger partial charge in [0.25, 0.3) is 0 Å². The van der Waals surface area contributed by atoms with E-state index in [-0.39, 0.29) is 0 Å². The molecule has 0 spiro atoms. The van der Waals surface area contributed by atoms with E-state index < -0.39 is 0 Å². The first-order valence-corrected chi connectivity index (χ1v) is 6.22. The summed E-state index contributed by atoms with van der Waals surface area (Å²) in [5.74, 6) is 0. The van der Waals surface area contributed by atoms with Crippen LogP contribution in [-0.2, 0) is 6.54 Å². The van der Waals surface area contributed by atoms with Gasteiger partial charge < -0.3 is 5.32 Å². The molecule has 0 unspecified atom stereocenters. The zero-order chi connectivity index (χ0) is 11.7. The van der Waals surface area contributed by atoms with Gasteiger partial charge in [0, 0.05) is 18.3 Å². The van der Waals surface area contributed by atoms with Crippen LogP contribution in [-0.4, -0.2) is 21.8 Å². The Labute approximate surface area is 103 Å². The van der Waals surface area contributed by atoms with E-state index in [1.165, 1.54) is 4.70 Å². The van der Waals surface area contributed by atoms with E-state index in [0.29, 0.717) is 0 Å². The van der Waals surface area contributed by atoms with Crippen LogP contribution < -0.4 is 5.32 Å². The van der Waals surface area contributed by atoms with Crippen LogP contribution in [0.4, 0.5) is 0 Å². The largest absolute Gasteiger partial charge is 0.316 e. The van der Waals surface area contributed by atoms with Crippen molar-refractivity contribution in [3.63, 3.8) is 0 Å². The summed E-state index contributed by atoms with van der Waals surface area (Å²) < 4.78 is 3.02. The smallest absolute Gasteiger partial charge is 0.211 e. The molecule has 0 fully saturated rings. The highest BCUT2D eigenvalue weighted by atomic mass is 32.1. The standard InChI is InChI=1S/C12H12N4S/c1-13-6-9-7-14-16(8-9)12-15-10-4-2-3-5-11(10)17-12/h2-5,7-8,13H,6H2,1H3. The number of hydrogen-bond acceptors (Lipinski definition) is 4. The maximum absolute atomic E-state index is 4.55. The molecule has 2 heterocycles. The van der Waals surface area contributed by atoms with E-state index in [1.807, 2.05) is 42.3 Å². The maximum atomic E-state index is 4.55. The summed E-state index contributed by atoms with van der Waals surface area (Å²) in [6.07, 6.45) is 3.87. The Kier molecular flexibility index (Phi) is 2.62. The van der Waals surface area contributed by atoms with Gasteiger partial charge in [0.15, 0.2) is 0 Å². The third kappa shape index (κ3) is 1.94. The molecule has 0 radical (unpaired) electrons. The Balaban J connectivity index is 2.01. The molecule has 2 aromatic heterocycles. The molecule has 1 aromatic carbocycles. The maximum Gasteiger partial charge on any atom is 0.211 e. The number of rotatable bonds is 3. The second kappa shape index (κ2) is 4.27. The number of para-hydroxylation sites is 1. The molecule has 4 nitrogen and oxygen atoms in total. The molecule has 3 aromatic rings. The molecule has 86 valence electrons. The van der Waals surface area contributed by atoms with E-state index in [1.54, 1.807) is 11.3 Å². The Bertz CT molecular complexity index is 608. The summed E-state index contributed by atoms with van der Waals surface area (Å²) in [6.45, 7) is 0.824. The van der Waals surface area contributed by atoms with Gasteiger partial charge in [-0.15, -0.1) is 0 Å². The molecular formula is C12H12N4S. The first kappa shape index (κ1) is 10.4. The molecule has 1 N–H and O–H groups in total. The van der Waals surface area contributed by atoms with Crippen LogP contribution >= 0.6 is 11.3 Å². The lowest BCUT2D eigenvalue weighted by Gasteiger charge is -1.93. The zero-order valence-electron chi connectivity index (χ0n) is 9.42. The Morgan fingerprint density at radius 2 is 2.24 bits per heavy atom. The molecule has 0 atom stereocenters. The molecule has 0 aliphatic carbocycles. The van der Waals surface area contributed by atoms with E-state index in [9.17, 15) is 0 Å². The SMILES string of the molecule is CNCc1cnn(-c2nc3ccccc3s2)c1. The van der Waals surface area contributed by atoms with Crippen molar-refractivity contribution in [2.24, 2.45) is 0 Å². The molecule has 17 heavy (non-hydrogen) atoms. The highest BCUT2D eigenvalue weighted by Gasteiger charge is 2.06. The summed E-state index contributed by atoms with van der Waals surface area (Å²) in [5.41, 5.74) is 2.19. The molecule has 0 aliphatic heterocycles. The Morgan fingerprint density at radius 3 is 3.06 bits per heavy atom. The number of nitrogens with one attached hydrogen (secondary N) is 1. The minimum absolute atomic E-state index is 0.824. The fourth-order valence-corrected chi connectivity index (χ4v) is 2.62. The van der Waals surface area contributed by atoms with Crippen molar-refractivity contribution in [1.82, 2.24) is 20.1 Å². The second-order valence-electron chi connectivity index (χ2n) is 3.79. The summed E-state index contributed by atoms with van der Waals surface area (Å²) in [4.78, 5) is 4.55. The monoisotopic (exact) mass is 244 g/mol. The lowest BCUT2D eigenvalue weighted by molar-refractivity contribution is 0.816. The minimum Gasteiger partial charge on any atom is -0.316 e. The van der Waals surface area contributed by atoms with Crippen LogP contribution in [0.5, 0.6) is 0 Å². The third-order valence-corrected chi connectivity index (χ3v) is 3.52. The summed E-state index contributed by atoms with van der Waals surface area (Å²) in [5, 5.41) is 8.34. The van der Waals surface area contributed by atoms with Crippen molar-refractivity contribution in [3.8, 4) is 5.13 Å². The van der Waals surface area contributed by atoms with E-state index in [0.717, 1.165) is 22.8 Å². The van der Waals surface area contributed by atoms with Crippen LogP contribution in [0.15, 0.2) is 36.7 Å². The lowest BCUT2D eigenvalue weighted by Crippen LogP contribution is -2.03. The second-order valence-corrected chi connectivity index (χ2v) is 4.80. The van der Waals surface area contributed by atoms with Crippen LogP contribution in [0, 0.1) is 0 Å². The first-order chi connectivity index (χ1) is 8.36. The molecule has 0 bridgehead atoms. The van der Waals surface area contributed by atoms with Gasteiger partial charge in [0.1, 0.15) is 0 Å². The zero-order valence-corrected chi connectivity index (χ0v) is 10.2. The van der Waals surface area contributed by atoms with Gasteiger partial charge in [-0.3, -0.25) is 0 Å². The number of hydrogen-bond donors (Lipinski definition) is 1. The highest BCUT2D eigenvalue weighted by molar-refractivity contribution is 7.20. The van der Waals surface area contributed by atoms with Crippen LogP contribution in [0.25, 0.3) is 15.3 Å². The van der Waals surface area contributed by atoms with Crippen molar-refractivity contribution in [3.05, 3.63) is 42.2 Å². The minimum atomic E-state index is 0.824. The van der Waals surface area contributed by atoms with E-state index in [2.05, 4.69) is 21.5 Å². The van der Waals surface area contributed by atoms with Gasteiger partial charge in [0.05, 0.1) is 16.4 Å². The number of benzene rings is 1. The van der Waals surface area contributed by atoms with Gasteiger partial charge in [-0.2, -0.15) is 5.10 Å². The fraction of sp³-hybridized carbons (Fsp3) is 0.167. The van der Waals surface area contributed by atoms with Crippen molar-refractivity contribution in [2.75, 3.05) is 7.05 Å². The van der Waals surface area contributed by atoms with Crippen LogP contribution in [0.2, 0.25) is 0 Å². The fourth-order valence-electron chi connectivity index (χ4n) is 1.72. The van der Waals surface area contributed by atoms with Gasteiger partial charge in [-0.05, 0) is 19.2 Å². The van der Waals surface area contributed by atoms with Crippen molar-refractivity contribution in [2.45, 2.75) is 6.54 Å². The number of nitrogens with zero attached hydrogens (tertiary/aromatic N) is 3. The lowest BCUT2D eigenvalue weighted by atomic mass is 10.3. The Morgan fingerprint density at radius 1 is 1.35 bits per heavy atom. The first-order valence-electron chi connectivity index (χ1n) is 5.41. The molecule has 0 saturated heterocycles. The van der Waals surface area contributed by atoms with Gasteiger partial charge in [-0.25, -0.2) is 9.67 Å². The number of aromatic nitrogens is 3. The van der Waals surface area contributed by atoms with Gasteiger partial charge in [-0.1, -0.05) is 23.5 Å². The average Bonchev–Trinajstić information content (AvgIpc) is 2.94. The van der Waals surface area contributed by atoms with E-state index in [4.69, 9.17) is 0 Å². The van der Waals surface area contributed by atoms with E-state index >= 15 is 0 Å². The topological polar surface area (TPSA) is 42.7 Å². The van der Waals surface area contributed by atoms with Gasteiger partial charge in [0.2, 0.25) is 5.13 Å². The quantitative estimate of drug-likeness (QED) is 0.768. The molecular weight excluding hydrogens is 232 g/mol. The van der Waals surface area contributed by atoms with Crippen molar-refractivity contribution in [1.29, 1.82) is 0 Å². The summed E-state index contributed by atoms with van der Waals surface area (Å²) in [7, 11) is 1.93. The Hall–Kier alpha value is -1.72. The summed E-state index contributed by atoms with van der Waals surface area (Å²) in [6, 6.07) is 8.13. The number of fused-ring (bicyclic) bond motifs is 1. The average molecular weight is 244 g/mol. The van der Waals surface area contributed by atoms with Crippen molar-refractivity contribution < 1.29 is 0 Å². The predicted octanol–water partition coefficient (Wildman–Crippen LogP) is 2.20. The molecule has 0 saturated carbocycles. The summed E-state index contributed by atoms with van der Waals surface area (Å²) >= 11 is 1.65. The van der Waals surface area contributed by atoms with Crippen LogP contribution in [0.3, 0.4) is 0 Å². The van der Waals surface area contributed by atoms with Crippen LogP contribution in [0.1, 0.15) is 5.56 Å². The highest BCUT2D eigenvalue weighted by Crippen LogP contribution is 2.24. The van der Waals surface area contributed by atoms with Crippen molar-refractivity contribution >= 4 is 21.6 Å². The normalized spacial score (nSPS) is 11.1. The third-order valence-electron chi connectivity index (χ3n) is 2.50. The molecule has 5 heteroatoms. The molecule has 0 amide bonds. The number of thiazole rings is 1.